The van der Waals surface area contributed by atoms with Crippen LogP contribution in [0.2, 0.25) is 5.02 Å². The van der Waals surface area contributed by atoms with Crippen LogP contribution in [0.5, 0.6) is 11.5 Å². The second-order valence-electron chi connectivity index (χ2n) is 10.3. The van der Waals surface area contributed by atoms with Crippen molar-refractivity contribution in [2.24, 2.45) is 0 Å². The number of hydrogen-bond donors (Lipinski definition) is 1. The number of carbonyl (C=O) groups excluding carboxylic acids is 2. The SMILES string of the molecule is COCCCNC(=O)CN1C(=O)CSC(c2cc(OC)ccc2OC)c2c(-c3ccc(Cl)cc3)nn(-c3ccc(C)cc3)c21. The van der Waals surface area contributed by atoms with E-state index >= 15 is 0 Å². The van der Waals surface area contributed by atoms with Gasteiger partial charge >= 0.3 is 0 Å². The van der Waals surface area contributed by atoms with Gasteiger partial charge in [-0.15, -0.1) is 11.8 Å². The quantitative estimate of drug-likeness (QED) is 0.207. The number of nitrogens with zero attached hydrogens (tertiary/aromatic N) is 3. The molecular weight excluding hydrogens is 600 g/mol. The summed E-state index contributed by atoms with van der Waals surface area (Å²) in [6.45, 7) is 2.81. The molecule has 0 bridgehead atoms. The normalized spacial score (nSPS) is 14.6. The van der Waals surface area contributed by atoms with Gasteiger partial charge in [0.1, 0.15) is 23.9 Å². The molecule has 1 aliphatic rings. The zero-order chi connectivity index (χ0) is 31.2. The molecule has 5 rings (SSSR count). The molecule has 2 heterocycles. The van der Waals surface area contributed by atoms with Crippen LogP contribution in [-0.4, -0.2) is 68.4 Å². The number of amides is 2. The number of benzene rings is 3. The van der Waals surface area contributed by atoms with Gasteiger partial charge in [0.05, 0.1) is 36.6 Å². The summed E-state index contributed by atoms with van der Waals surface area (Å²) < 4.78 is 18.3. The highest BCUT2D eigenvalue weighted by Gasteiger charge is 2.38. The van der Waals surface area contributed by atoms with Crippen LogP contribution >= 0.6 is 23.4 Å². The third-order valence-corrected chi connectivity index (χ3v) is 8.84. The van der Waals surface area contributed by atoms with E-state index in [0.29, 0.717) is 47.6 Å². The smallest absolute Gasteiger partial charge is 0.240 e. The Hall–Kier alpha value is -3.99. The van der Waals surface area contributed by atoms with Crippen LogP contribution in [0.3, 0.4) is 0 Å². The lowest BCUT2D eigenvalue weighted by atomic mass is 9.98. The molecule has 0 aliphatic carbocycles. The van der Waals surface area contributed by atoms with Crippen LogP contribution in [0.15, 0.2) is 66.7 Å². The molecule has 9 nitrogen and oxygen atoms in total. The van der Waals surface area contributed by atoms with E-state index in [1.165, 1.54) is 11.8 Å². The summed E-state index contributed by atoms with van der Waals surface area (Å²) in [5, 5.41) is 8.26. The highest BCUT2D eigenvalue weighted by molar-refractivity contribution is 8.00. The minimum atomic E-state index is -0.390. The first-order valence-electron chi connectivity index (χ1n) is 14.2. The topological polar surface area (TPSA) is 94.9 Å². The van der Waals surface area contributed by atoms with Crippen molar-refractivity contribution in [3.63, 3.8) is 0 Å². The fraction of sp³-hybridized carbons (Fsp3) is 0.303. The van der Waals surface area contributed by atoms with Gasteiger partial charge in [-0.05, 0) is 55.8 Å². The van der Waals surface area contributed by atoms with E-state index in [0.717, 1.165) is 27.9 Å². The zero-order valence-electron chi connectivity index (χ0n) is 25.1. The lowest BCUT2D eigenvalue weighted by molar-refractivity contribution is -0.122. The van der Waals surface area contributed by atoms with Gasteiger partial charge in [-0.25, -0.2) is 4.68 Å². The van der Waals surface area contributed by atoms with Crippen molar-refractivity contribution in [2.75, 3.05) is 51.7 Å². The van der Waals surface area contributed by atoms with Crippen LogP contribution < -0.4 is 19.7 Å². The highest BCUT2D eigenvalue weighted by atomic mass is 35.5. The molecule has 44 heavy (non-hydrogen) atoms. The Kier molecular flexibility index (Phi) is 10.1. The summed E-state index contributed by atoms with van der Waals surface area (Å²) in [5.41, 5.74) is 4.94. The van der Waals surface area contributed by atoms with E-state index in [-0.39, 0.29) is 24.1 Å². The molecule has 0 radical (unpaired) electrons. The van der Waals surface area contributed by atoms with E-state index in [9.17, 15) is 9.59 Å². The molecule has 11 heteroatoms. The second-order valence-corrected chi connectivity index (χ2v) is 11.8. The number of nitrogens with one attached hydrogen (secondary N) is 1. The second kappa shape index (κ2) is 14.2. The van der Waals surface area contributed by atoms with Crippen LogP contribution in [0, 0.1) is 6.92 Å². The molecule has 0 fully saturated rings. The van der Waals surface area contributed by atoms with Gasteiger partial charge < -0.3 is 19.5 Å². The first-order chi connectivity index (χ1) is 21.3. The number of carbonyl (C=O) groups is 2. The summed E-state index contributed by atoms with van der Waals surface area (Å²) in [5.74, 6) is 1.48. The van der Waals surface area contributed by atoms with Crippen LogP contribution in [0.1, 0.15) is 28.4 Å². The molecule has 0 saturated carbocycles. The van der Waals surface area contributed by atoms with Crippen molar-refractivity contribution < 1.29 is 23.8 Å². The Morgan fingerprint density at radius 1 is 1.05 bits per heavy atom. The van der Waals surface area contributed by atoms with Crippen LogP contribution in [0.25, 0.3) is 16.9 Å². The number of halogens is 1. The fourth-order valence-electron chi connectivity index (χ4n) is 5.14. The van der Waals surface area contributed by atoms with E-state index in [1.807, 2.05) is 73.7 Å². The number of rotatable bonds is 11. The number of methoxy groups -OCH3 is 3. The summed E-state index contributed by atoms with van der Waals surface area (Å²) in [6, 6.07) is 21.0. The fourth-order valence-corrected chi connectivity index (χ4v) is 6.48. The first kappa shape index (κ1) is 31.4. The van der Waals surface area contributed by atoms with Gasteiger partial charge in [0.15, 0.2) is 0 Å². The van der Waals surface area contributed by atoms with Gasteiger partial charge in [-0.3, -0.25) is 14.5 Å². The first-order valence-corrected chi connectivity index (χ1v) is 15.6. The average molecular weight is 635 g/mol. The highest BCUT2D eigenvalue weighted by Crippen LogP contribution is 2.51. The van der Waals surface area contributed by atoms with Gasteiger partial charge in [0, 0.05) is 42.0 Å². The summed E-state index contributed by atoms with van der Waals surface area (Å²) in [6.07, 6.45) is 0.664. The predicted octanol–water partition coefficient (Wildman–Crippen LogP) is 5.84. The third-order valence-electron chi connectivity index (χ3n) is 7.35. The Morgan fingerprint density at radius 3 is 2.48 bits per heavy atom. The number of ether oxygens (including phenoxy) is 3. The zero-order valence-corrected chi connectivity index (χ0v) is 26.7. The summed E-state index contributed by atoms with van der Waals surface area (Å²) in [7, 11) is 4.85. The van der Waals surface area contributed by atoms with Crippen molar-refractivity contribution in [3.05, 3.63) is 88.4 Å². The Bertz CT molecular complexity index is 1620. The van der Waals surface area contributed by atoms with Crippen LogP contribution in [0.4, 0.5) is 5.82 Å². The number of aryl methyl sites for hydroxylation is 1. The maximum Gasteiger partial charge on any atom is 0.240 e. The van der Waals surface area contributed by atoms with E-state index in [1.54, 1.807) is 30.9 Å². The molecule has 0 saturated heterocycles. The molecule has 230 valence electrons. The van der Waals surface area contributed by atoms with Crippen molar-refractivity contribution in [1.82, 2.24) is 15.1 Å². The van der Waals surface area contributed by atoms with Gasteiger partial charge in [0.25, 0.3) is 0 Å². The molecule has 1 N–H and O–H groups in total. The Balaban J connectivity index is 1.76. The van der Waals surface area contributed by atoms with Crippen molar-refractivity contribution in [1.29, 1.82) is 0 Å². The molecule has 1 aromatic heterocycles. The van der Waals surface area contributed by atoms with E-state index in [2.05, 4.69) is 5.32 Å². The molecule has 4 aromatic rings. The molecule has 1 aliphatic heterocycles. The minimum absolute atomic E-state index is 0.130. The number of hydrogen-bond acceptors (Lipinski definition) is 7. The predicted molar refractivity (Wildman–Crippen MR) is 174 cm³/mol. The van der Waals surface area contributed by atoms with Gasteiger partial charge in [-0.2, -0.15) is 5.10 Å². The van der Waals surface area contributed by atoms with Crippen molar-refractivity contribution in [3.8, 4) is 28.4 Å². The maximum absolute atomic E-state index is 14.0. The van der Waals surface area contributed by atoms with Crippen LogP contribution in [-0.2, 0) is 14.3 Å². The third kappa shape index (κ3) is 6.72. The molecule has 3 aromatic carbocycles. The van der Waals surface area contributed by atoms with Gasteiger partial charge in [-0.1, -0.05) is 41.4 Å². The standard InChI is InChI=1S/C33H35ClN4O5S/c1-21-6-12-24(13-7-21)38-33-30(31(36-38)22-8-10-23(34)11-9-22)32(26-18-25(42-3)14-15-27(26)43-4)44-20-29(40)37(33)19-28(39)35-16-5-17-41-2/h6-15,18,32H,5,16-17,19-20H2,1-4H3,(H,35,39). The van der Waals surface area contributed by atoms with E-state index < -0.39 is 5.25 Å². The van der Waals surface area contributed by atoms with Crippen molar-refractivity contribution >= 4 is 41.0 Å². The molecule has 2 amide bonds. The maximum atomic E-state index is 14.0. The number of thioether (sulfide) groups is 1. The van der Waals surface area contributed by atoms with Gasteiger partial charge in [0.2, 0.25) is 11.8 Å². The lowest BCUT2D eigenvalue weighted by Gasteiger charge is -2.24. The van der Waals surface area contributed by atoms with Crippen molar-refractivity contribution in [2.45, 2.75) is 18.6 Å². The summed E-state index contributed by atoms with van der Waals surface area (Å²) >= 11 is 7.74. The average Bonchev–Trinajstić information content (AvgIpc) is 3.36. The molecule has 0 spiro atoms. The van der Waals surface area contributed by atoms with E-state index in [4.69, 9.17) is 30.9 Å². The molecular formula is C33H35ClN4O5S. The minimum Gasteiger partial charge on any atom is -0.497 e. The Morgan fingerprint density at radius 2 is 1.80 bits per heavy atom. The number of aromatic nitrogens is 2. The molecule has 1 atom stereocenters. The number of fused-ring (bicyclic) bond motifs is 1. The number of anilines is 1. The summed E-state index contributed by atoms with van der Waals surface area (Å²) in [4.78, 5) is 28.8. The largest absolute Gasteiger partial charge is 0.497 e. The molecule has 1 unspecified atom stereocenters. The monoisotopic (exact) mass is 634 g/mol. The Labute approximate surface area is 266 Å². The lowest BCUT2D eigenvalue weighted by Crippen LogP contribution is -2.42.